The topological polar surface area (TPSA) is 9.86 Å². The molecule has 0 saturated heterocycles. The molecule has 17 aromatic rings. The summed E-state index contributed by atoms with van der Waals surface area (Å²) in [4.78, 5) is 0. The van der Waals surface area contributed by atoms with Gasteiger partial charge in [0.1, 0.15) is 0 Å². The van der Waals surface area contributed by atoms with Crippen molar-refractivity contribution in [2.75, 3.05) is 0 Å². The third kappa shape index (κ3) is 9.70. The molecule has 2 spiro atoms. The van der Waals surface area contributed by atoms with E-state index in [4.69, 9.17) is 0 Å². The minimum Gasteiger partial charge on any atom is -0.309 e. The summed E-state index contributed by atoms with van der Waals surface area (Å²) in [5.41, 5.74) is 45.2. The van der Waals surface area contributed by atoms with Gasteiger partial charge in [0.2, 0.25) is 0 Å². The van der Waals surface area contributed by atoms with E-state index < -0.39 is 0 Å². The Morgan fingerprint density at radius 2 is 0.500 bits per heavy atom. The number of hydrogen-bond donors (Lipinski definition) is 0. The van der Waals surface area contributed by atoms with Gasteiger partial charge in [-0.3, -0.25) is 0 Å². The predicted molar refractivity (Wildman–Crippen MR) is 472 cm³/mol. The maximum absolute atomic E-state index is 2.70. The van der Waals surface area contributed by atoms with Crippen molar-refractivity contribution in [3.8, 4) is 100 Å². The summed E-state index contributed by atoms with van der Waals surface area (Å²) < 4.78 is 4.92. The summed E-state index contributed by atoms with van der Waals surface area (Å²) in [6.07, 6.45) is 18.9. The predicted octanol–water partition coefficient (Wildman–Crippen LogP) is 29.2. The lowest BCUT2D eigenvalue weighted by molar-refractivity contribution is 0.544. The molecular weight excluding hydrogens is 1350 g/mol. The van der Waals surface area contributed by atoms with Crippen molar-refractivity contribution in [3.63, 3.8) is 0 Å². The van der Waals surface area contributed by atoms with Gasteiger partial charge in [0.15, 0.2) is 0 Å². The first-order valence-electron chi connectivity index (χ1n) is 40.8. The molecule has 6 aliphatic carbocycles. The number of benzene rings is 15. The molecule has 0 radical (unpaired) electrons. The van der Waals surface area contributed by atoms with Crippen LogP contribution in [0.15, 0.2) is 315 Å². The largest absolute Gasteiger partial charge is 0.309 e. The number of nitrogens with zero attached hydrogens (tertiary/aromatic N) is 2. The lowest BCUT2D eigenvalue weighted by atomic mass is 9.74. The Morgan fingerprint density at radius 1 is 0.214 bits per heavy atom. The highest BCUT2D eigenvalue weighted by atomic mass is 15.0. The van der Waals surface area contributed by atoms with Gasteiger partial charge in [0.05, 0.1) is 22.1 Å². The van der Waals surface area contributed by atoms with Crippen LogP contribution in [0.2, 0.25) is 0 Å². The van der Waals surface area contributed by atoms with Crippen molar-refractivity contribution in [2.24, 2.45) is 0 Å². The lowest BCUT2D eigenvalue weighted by Gasteiger charge is -2.29. The molecule has 2 nitrogen and oxygen atoms in total. The second-order valence-corrected chi connectivity index (χ2v) is 34.2. The molecule has 2 aromatic heterocycles. The van der Waals surface area contributed by atoms with E-state index >= 15 is 0 Å². The molecular formula is C110H84N2. The zero-order valence-electron chi connectivity index (χ0n) is 63.9. The van der Waals surface area contributed by atoms with Gasteiger partial charge in [0.25, 0.3) is 0 Å². The SMILES string of the molecule is CC1(C)c2ccccc2-c2ccc(-n3c4ccccc4c4cc(-c5ccc(/C=C/c6ccc(-c7ccc8c(c7)C7(CCCC7)c7cc9c(cc7-8)C7(CCCC7)c7cc(-c8ccc(/C=C/c%10ccc(-c%11ccc%12c(c%11)c%11ccccc%11n%12-c%11ccc%12c(c%11)C(C)(C)c%11ccccc%11-%12)cc%10)cc8)ccc7-9)cc6)cc5)ccc43)cc21. The highest BCUT2D eigenvalue weighted by Gasteiger charge is 2.51. The molecule has 2 saturated carbocycles. The third-order valence-corrected chi connectivity index (χ3v) is 27.7. The van der Waals surface area contributed by atoms with Crippen LogP contribution in [0.3, 0.4) is 0 Å². The van der Waals surface area contributed by atoms with Crippen molar-refractivity contribution >= 4 is 67.9 Å². The molecule has 2 fully saturated rings. The standard InChI is InChI=1S/C110H84N2/c1-107(2)95-21-9-5-17-83(95)85-53-49-81(65-97(85)107)111-103-23-11-7-19-89(103)93-61-77(47-55-105(93)111)73-37-29-69(30-38-73)25-27-71-33-41-75(42-34-71)79-45-51-87-91-67-102-92(68-101(91)109(99(87)63-79)57-13-14-58-109)88-52-46-80(64-100(88)110(102)59-15-16-60-110)76-43-35-72(36-44-76)28-26-70-31-39-74(40-32-70)78-48-56-106-94(62-78)90-20-8-12-24-104(90)112(106)82-50-54-86-84-18-6-10-22-96(84)108(3,4)98(86)66-82/h5-12,17-56,61-68H,13-16,57-60H2,1-4H3/b27-25+,28-26+. The van der Waals surface area contributed by atoms with Crippen LogP contribution in [-0.2, 0) is 21.7 Å². The number of aromatic nitrogens is 2. The summed E-state index contributed by atoms with van der Waals surface area (Å²) >= 11 is 0. The van der Waals surface area contributed by atoms with Gasteiger partial charge in [-0.25, -0.2) is 0 Å². The molecule has 0 aliphatic heterocycles. The molecule has 23 rings (SSSR count). The first-order chi connectivity index (χ1) is 54.9. The van der Waals surface area contributed by atoms with Crippen LogP contribution in [0.1, 0.15) is 146 Å². The molecule has 0 amide bonds. The monoisotopic (exact) mass is 1430 g/mol. The lowest BCUT2D eigenvalue weighted by Crippen LogP contribution is -2.22. The molecule has 0 unspecified atom stereocenters. The van der Waals surface area contributed by atoms with E-state index in [2.05, 4.69) is 377 Å². The normalized spacial score (nSPS) is 16.0. The molecule has 2 heteroatoms. The number of fused-ring (bicyclic) bond motifs is 22. The maximum atomic E-state index is 2.70. The number of hydrogen-bond acceptors (Lipinski definition) is 0. The Morgan fingerprint density at radius 3 is 0.884 bits per heavy atom. The second kappa shape index (κ2) is 24.4. The van der Waals surface area contributed by atoms with E-state index in [-0.39, 0.29) is 21.7 Å². The third-order valence-electron chi connectivity index (χ3n) is 27.7. The Labute approximate surface area is 656 Å². The van der Waals surface area contributed by atoms with Crippen LogP contribution >= 0.6 is 0 Å². The van der Waals surface area contributed by atoms with Crippen molar-refractivity contribution < 1.29 is 0 Å². The average Bonchev–Trinajstić information content (AvgIpc) is 1.53. The second-order valence-electron chi connectivity index (χ2n) is 34.2. The fraction of sp³-hybridized carbons (Fsp3) is 0.145. The van der Waals surface area contributed by atoms with Gasteiger partial charge in [-0.05, 0) is 266 Å². The molecule has 2 heterocycles. The number of rotatable bonds is 10. The Kier molecular flexibility index (Phi) is 14.2. The van der Waals surface area contributed by atoms with Crippen LogP contribution in [0.25, 0.3) is 168 Å². The summed E-state index contributed by atoms with van der Waals surface area (Å²) in [6, 6.07) is 121. The van der Waals surface area contributed by atoms with Crippen LogP contribution in [0, 0.1) is 0 Å². The van der Waals surface area contributed by atoms with Gasteiger partial charge >= 0.3 is 0 Å². The highest BCUT2D eigenvalue weighted by Crippen LogP contribution is 2.64. The quantitative estimate of drug-likeness (QED) is 0.121. The van der Waals surface area contributed by atoms with Crippen LogP contribution in [0.5, 0.6) is 0 Å². The smallest absolute Gasteiger partial charge is 0.0541 e. The summed E-state index contributed by atoms with van der Waals surface area (Å²) in [5.74, 6) is 0. The van der Waals surface area contributed by atoms with Gasteiger partial charge in [0, 0.05) is 54.6 Å². The fourth-order valence-electron chi connectivity index (χ4n) is 21.9. The maximum Gasteiger partial charge on any atom is 0.0541 e. The first kappa shape index (κ1) is 65.3. The molecule has 112 heavy (non-hydrogen) atoms. The zero-order valence-corrected chi connectivity index (χ0v) is 63.9. The minimum absolute atomic E-state index is 0.0402. The van der Waals surface area contributed by atoms with Crippen LogP contribution in [0.4, 0.5) is 0 Å². The van der Waals surface area contributed by atoms with Gasteiger partial charge in [-0.15, -0.1) is 0 Å². The molecule has 15 aromatic carbocycles. The van der Waals surface area contributed by atoms with Gasteiger partial charge < -0.3 is 9.13 Å². The van der Waals surface area contributed by atoms with E-state index in [1.54, 1.807) is 22.3 Å². The summed E-state index contributed by atoms with van der Waals surface area (Å²) in [5, 5.41) is 5.08. The summed E-state index contributed by atoms with van der Waals surface area (Å²) in [6.45, 7) is 9.46. The average molecular weight is 1430 g/mol. The van der Waals surface area contributed by atoms with Crippen LogP contribution < -0.4 is 0 Å². The van der Waals surface area contributed by atoms with Crippen molar-refractivity contribution in [2.45, 2.75) is 101 Å². The Bertz CT molecular complexity index is 6470. The van der Waals surface area contributed by atoms with E-state index in [0.717, 1.165) is 0 Å². The Hall–Kier alpha value is -12.6. The Balaban J connectivity index is 0.472. The molecule has 6 aliphatic rings. The van der Waals surface area contributed by atoms with E-state index in [0.29, 0.717) is 0 Å². The van der Waals surface area contributed by atoms with E-state index in [9.17, 15) is 0 Å². The van der Waals surface area contributed by atoms with Crippen molar-refractivity contribution in [1.82, 2.24) is 9.13 Å². The van der Waals surface area contributed by atoms with Crippen LogP contribution in [-0.4, -0.2) is 9.13 Å². The molecule has 0 N–H and O–H groups in total. The molecule has 534 valence electrons. The summed E-state index contributed by atoms with van der Waals surface area (Å²) in [7, 11) is 0. The first-order valence-corrected chi connectivity index (χ1v) is 40.8. The molecule has 0 atom stereocenters. The van der Waals surface area contributed by atoms with Gasteiger partial charge in [-0.2, -0.15) is 0 Å². The van der Waals surface area contributed by atoms with Crippen molar-refractivity contribution in [3.05, 3.63) is 382 Å². The highest BCUT2D eigenvalue weighted by molar-refractivity contribution is 6.12. The number of para-hydroxylation sites is 2. The van der Waals surface area contributed by atoms with Crippen molar-refractivity contribution in [1.29, 1.82) is 0 Å². The minimum atomic E-state index is -0.0656. The fourth-order valence-corrected chi connectivity index (χ4v) is 21.9. The molecule has 0 bridgehead atoms. The van der Waals surface area contributed by atoms with E-state index in [1.165, 1.54) is 240 Å². The zero-order chi connectivity index (χ0) is 74.3. The van der Waals surface area contributed by atoms with E-state index in [1.807, 2.05) is 0 Å². The van der Waals surface area contributed by atoms with Gasteiger partial charge in [-0.1, -0.05) is 308 Å².